The molecule has 13 rings (SSSR count). The maximum absolute atomic E-state index is 16.6. The number of piperazine rings is 1. The second-order valence-corrected chi connectivity index (χ2v) is 21.7. The normalized spacial score (nSPS) is 21.4. The second-order valence-electron chi connectivity index (χ2n) is 21.7. The first-order valence-electron chi connectivity index (χ1n) is 27.5. The molecule has 4 N–H and O–H groups in total. The van der Waals surface area contributed by atoms with Crippen molar-refractivity contribution < 1.29 is 55.6 Å². The third kappa shape index (κ3) is 10.1. The molecule has 17 nitrogen and oxygen atoms in total. The summed E-state index contributed by atoms with van der Waals surface area (Å²) in [5.41, 5.74) is -1.61. The Morgan fingerprint density at radius 2 is 1.25 bits per heavy atom. The van der Waals surface area contributed by atoms with Gasteiger partial charge in [-0.15, -0.1) is 12.8 Å². The summed E-state index contributed by atoms with van der Waals surface area (Å²) in [5, 5.41) is 28.7. The third-order valence-corrected chi connectivity index (χ3v) is 16.6. The average Bonchev–Trinajstić information content (AvgIpc) is 2.89. The number of hydrogen-bond donors (Lipinski definition) is 4. The molecule has 0 saturated carbocycles. The highest BCUT2D eigenvalue weighted by Gasteiger charge is 2.51. The zero-order valence-electron chi connectivity index (χ0n) is 45.4. The minimum Gasteiger partial charge on any atom is -0.508 e. The van der Waals surface area contributed by atoms with Crippen LogP contribution in [0.25, 0.3) is 65.9 Å². The molecule has 0 bridgehead atoms. The molecular weight excluding hydrogens is 1100 g/mol. The van der Waals surface area contributed by atoms with E-state index in [-0.39, 0.29) is 134 Å². The summed E-state index contributed by atoms with van der Waals surface area (Å²) in [5.74, 6) is 1.39. The fraction of sp³-hybridized carbons (Fsp3) is 0.361. The number of phenols is 2. The number of nitrogens with zero attached hydrogens (tertiary/aromatic N) is 9. The summed E-state index contributed by atoms with van der Waals surface area (Å²) in [7, 11) is 1.56. The molecule has 9 heterocycles. The predicted octanol–water partition coefficient (Wildman–Crippen LogP) is 8.53. The number of fused-ring (bicyclic) bond motifs is 6. The van der Waals surface area contributed by atoms with E-state index in [9.17, 15) is 32.6 Å². The van der Waals surface area contributed by atoms with Crippen molar-refractivity contribution in [2.45, 2.75) is 61.9 Å². The molecule has 5 saturated heterocycles. The first-order chi connectivity index (χ1) is 40.6. The quantitative estimate of drug-likeness (QED) is 0.0487. The van der Waals surface area contributed by atoms with E-state index in [1.54, 1.807) is 7.11 Å². The first-order valence-corrected chi connectivity index (χ1v) is 27.5. The van der Waals surface area contributed by atoms with Gasteiger partial charge in [-0.05, 0) is 85.9 Å². The number of carbonyl (C=O) groups excluding carboxylic acids is 1. The Morgan fingerprint density at radius 1 is 0.726 bits per heavy atom. The lowest BCUT2D eigenvalue weighted by atomic mass is 9.95. The number of alkyl halides is 2. The summed E-state index contributed by atoms with van der Waals surface area (Å²) in [6.45, 7) is 4.12. The number of aromatic nitrogens is 6. The number of methoxy groups -OCH3 is 1. The number of ether oxygens (including phenoxy) is 3. The maximum Gasteiger partial charge on any atom is 0.319 e. The lowest BCUT2D eigenvalue weighted by Crippen LogP contribution is -2.48. The van der Waals surface area contributed by atoms with Crippen LogP contribution >= 0.6 is 0 Å². The van der Waals surface area contributed by atoms with Gasteiger partial charge in [-0.1, -0.05) is 24.0 Å². The van der Waals surface area contributed by atoms with Crippen molar-refractivity contribution in [3.8, 4) is 70.7 Å². The number of phenolic OH excluding ortho intramolecular Hbond substituents is 2. The van der Waals surface area contributed by atoms with Crippen molar-refractivity contribution >= 4 is 60.9 Å². The van der Waals surface area contributed by atoms with Gasteiger partial charge in [-0.2, -0.15) is 19.9 Å². The molecule has 4 atom stereocenters. The highest BCUT2D eigenvalue weighted by Crippen LogP contribution is 2.44. The molecule has 4 aromatic carbocycles. The van der Waals surface area contributed by atoms with Gasteiger partial charge in [0.15, 0.2) is 17.5 Å². The Balaban J connectivity index is 0.000000166. The van der Waals surface area contributed by atoms with Gasteiger partial charge in [0.05, 0.1) is 46.1 Å². The molecule has 8 aromatic rings. The summed E-state index contributed by atoms with van der Waals surface area (Å²) in [4.78, 5) is 45.0. The van der Waals surface area contributed by atoms with Crippen LogP contribution in [0.4, 0.5) is 38.0 Å². The van der Waals surface area contributed by atoms with Crippen LogP contribution in [0, 0.1) is 48.0 Å². The molecule has 0 aliphatic carbocycles. The topological polar surface area (TPSA) is 196 Å². The van der Waals surface area contributed by atoms with Crippen LogP contribution in [0.1, 0.15) is 49.7 Å². The first kappa shape index (κ1) is 55.9. The fourth-order valence-electron chi connectivity index (χ4n) is 12.8. The van der Waals surface area contributed by atoms with E-state index in [4.69, 9.17) is 27.1 Å². The molecule has 1 amide bonds. The molecule has 4 unspecified atom stereocenters. The lowest BCUT2D eigenvalue weighted by Gasteiger charge is -2.31. The van der Waals surface area contributed by atoms with Crippen LogP contribution in [0.3, 0.4) is 0 Å². The number of halogens is 6. The van der Waals surface area contributed by atoms with Gasteiger partial charge < -0.3 is 35.1 Å². The van der Waals surface area contributed by atoms with Crippen molar-refractivity contribution in [1.29, 1.82) is 0 Å². The van der Waals surface area contributed by atoms with Gasteiger partial charge in [-0.3, -0.25) is 29.5 Å². The molecule has 5 aliphatic heterocycles. The number of amides is 1. The standard InChI is InChI=1S/C31H27F3N6O3.C30H28F3N5O3/c1-2-20-23(33)5-4-17-10-19(41)11-21(25(17)20)27-26(34)28-22(13-36-27)29(40-9-7-35-14-24(40)42)38-30(37-28)43-16-31-6-3-8-39(31)15-18(32)12-31;1-3-20-23(32)6-5-17-11-19(39)12-21(24(17)20)26-25(33)27-22(14-35-26)28(34-8-10-40-2)37-29(36-27)41-16-30-7-4-9-38(30)15-18(31)13-30/h1,4-5,10-11,13,18,35,41H,3,6-9,12,14-16H2;1,5-6,11-12,14,18,39H,4,7-10,13,15-16H2,2H3,(H,34,36,37). The number of benzene rings is 4. The number of aromatic hydroxyl groups is 2. The van der Waals surface area contributed by atoms with Gasteiger partial charge in [0.1, 0.15) is 76.9 Å². The molecule has 5 fully saturated rings. The largest absolute Gasteiger partial charge is 0.508 e. The van der Waals surface area contributed by atoms with Gasteiger partial charge >= 0.3 is 12.0 Å². The highest BCUT2D eigenvalue weighted by molar-refractivity contribution is 6.06. The van der Waals surface area contributed by atoms with Gasteiger partial charge in [-0.25, -0.2) is 26.3 Å². The molecule has 4 aromatic heterocycles. The molecule has 23 heteroatoms. The van der Waals surface area contributed by atoms with Crippen LogP contribution in [0.15, 0.2) is 60.9 Å². The fourth-order valence-corrected chi connectivity index (χ4v) is 12.8. The van der Waals surface area contributed by atoms with Crippen molar-refractivity contribution in [2.75, 3.05) is 89.5 Å². The van der Waals surface area contributed by atoms with Gasteiger partial charge in [0.2, 0.25) is 5.91 Å². The van der Waals surface area contributed by atoms with Gasteiger partial charge in [0, 0.05) is 87.0 Å². The maximum atomic E-state index is 16.6. The third-order valence-electron chi connectivity index (χ3n) is 16.6. The number of pyridine rings is 2. The van der Waals surface area contributed by atoms with E-state index in [1.807, 2.05) is 0 Å². The minimum atomic E-state index is -0.962. The van der Waals surface area contributed by atoms with E-state index in [0.29, 0.717) is 56.4 Å². The number of terminal acetylenes is 2. The zero-order valence-corrected chi connectivity index (χ0v) is 45.4. The summed E-state index contributed by atoms with van der Waals surface area (Å²) < 4.78 is 108. The molecule has 5 aliphatic rings. The second kappa shape index (κ2) is 22.5. The summed E-state index contributed by atoms with van der Waals surface area (Å²) >= 11 is 0. The molecular formula is C61H55F6N11O6. The van der Waals surface area contributed by atoms with E-state index in [1.165, 1.54) is 65.8 Å². The lowest BCUT2D eigenvalue weighted by molar-refractivity contribution is -0.118. The zero-order chi connectivity index (χ0) is 58.6. The van der Waals surface area contributed by atoms with E-state index >= 15 is 8.78 Å². The van der Waals surface area contributed by atoms with Crippen LogP contribution in [-0.2, 0) is 9.53 Å². The van der Waals surface area contributed by atoms with Crippen molar-refractivity contribution in [2.24, 2.45) is 0 Å². The number of anilines is 2. The van der Waals surface area contributed by atoms with Crippen molar-refractivity contribution in [3.63, 3.8) is 0 Å². The SMILES string of the molecule is C#Cc1c(F)ccc2cc(O)cc(-c3ncc4c(N5CCNCC5=O)nc(OCC56CCCN5CC(F)C6)nc4c3F)c12.C#Cc1c(F)ccc2cc(O)cc(-c3ncc4c(NCCOC)nc(OCC56CCCN5CC(F)C6)nc4c3F)c12. The summed E-state index contributed by atoms with van der Waals surface area (Å²) in [6, 6.07) is 10.4. The van der Waals surface area contributed by atoms with Crippen molar-refractivity contribution in [3.05, 3.63) is 95.3 Å². The van der Waals surface area contributed by atoms with Crippen LogP contribution < -0.4 is 25.0 Å². The van der Waals surface area contributed by atoms with Crippen LogP contribution in [0.2, 0.25) is 0 Å². The Morgan fingerprint density at radius 3 is 1.77 bits per heavy atom. The van der Waals surface area contributed by atoms with Crippen molar-refractivity contribution in [1.82, 2.24) is 45.0 Å². The summed E-state index contributed by atoms with van der Waals surface area (Å²) in [6.07, 6.45) is 16.2. The van der Waals surface area contributed by atoms with Crippen LogP contribution in [0.5, 0.6) is 23.5 Å². The van der Waals surface area contributed by atoms with E-state index in [0.717, 1.165) is 38.8 Å². The number of nitrogens with one attached hydrogen (secondary N) is 2. The minimum absolute atomic E-state index is 0.0708. The van der Waals surface area contributed by atoms with E-state index < -0.39 is 46.7 Å². The Kier molecular flexibility index (Phi) is 15.0. The van der Waals surface area contributed by atoms with E-state index in [2.05, 4.69) is 62.2 Å². The number of hydrogen-bond acceptors (Lipinski definition) is 16. The molecule has 0 radical (unpaired) electrons. The average molecular weight is 1150 g/mol. The molecule has 432 valence electrons. The number of rotatable bonds is 13. The van der Waals surface area contributed by atoms with Crippen LogP contribution in [-0.4, -0.2) is 159 Å². The predicted molar refractivity (Wildman–Crippen MR) is 302 cm³/mol. The number of carbonyl (C=O) groups is 1. The van der Waals surface area contributed by atoms with Gasteiger partial charge in [0.25, 0.3) is 0 Å². The Hall–Kier alpha value is -8.61. The smallest absolute Gasteiger partial charge is 0.319 e. The Bertz CT molecular complexity index is 4060. The highest BCUT2D eigenvalue weighted by atomic mass is 19.2. The molecule has 0 spiro atoms. The Labute approximate surface area is 477 Å². The monoisotopic (exact) mass is 1150 g/mol. The molecule has 84 heavy (non-hydrogen) atoms.